The van der Waals surface area contributed by atoms with Crippen LogP contribution in [0.25, 0.3) is 10.9 Å². The molecule has 1 aromatic heterocycles. The topological polar surface area (TPSA) is 83.3 Å². The molecule has 1 amide bonds. The van der Waals surface area contributed by atoms with Crippen LogP contribution >= 0.6 is 0 Å². The summed E-state index contributed by atoms with van der Waals surface area (Å²) in [6, 6.07) is 6.39. The van der Waals surface area contributed by atoms with Crippen molar-refractivity contribution in [3.05, 3.63) is 30.0 Å². The van der Waals surface area contributed by atoms with Gasteiger partial charge in [-0.1, -0.05) is 0 Å². The molecule has 0 spiro atoms. The fourth-order valence-electron chi connectivity index (χ4n) is 3.11. The normalized spacial score (nSPS) is 22.3. The second-order valence-electron chi connectivity index (χ2n) is 5.43. The summed E-state index contributed by atoms with van der Waals surface area (Å²) >= 11 is 0. The summed E-state index contributed by atoms with van der Waals surface area (Å²) < 4.78 is 7.52. The molecule has 0 unspecified atom stereocenters. The summed E-state index contributed by atoms with van der Waals surface area (Å²) in [5.74, 6) is 0.0478. The first kappa shape index (κ1) is 13.0. The van der Waals surface area contributed by atoms with Crippen molar-refractivity contribution in [2.24, 2.45) is 11.5 Å². The molecule has 0 radical (unpaired) electrons. The minimum atomic E-state index is -0.473. The van der Waals surface area contributed by atoms with E-state index in [0.29, 0.717) is 17.4 Å². The van der Waals surface area contributed by atoms with Crippen LogP contribution in [0, 0.1) is 0 Å². The Morgan fingerprint density at radius 1 is 1.40 bits per heavy atom. The fourth-order valence-corrected chi connectivity index (χ4v) is 3.11. The maximum absolute atomic E-state index is 11.4. The lowest BCUT2D eigenvalue weighted by molar-refractivity contribution is 0.0997. The molecular weight excluding hydrogens is 254 g/mol. The van der Waals surface area contributed by atoms with Gasteiger partial charge < -0.3 is 20.8 Å². The third-order valence-corrected chi connectivity index (χ3v) is 4.15. The second kappa shape index (κ2) is 4.83. The molecule has 0 aliphatic heterocycles. The Balaban J connectivity index is 2.10. The van der Waals surface area contributed by atoms with Crippen LogP contribution in [-0.4, -0.2) is 23.6 Å². The molecule has 106 valence electrons. The molecule has 1 aromatic carbocycles. The van der Waals surface area contributed by atoms with Gasteiger partial charge in [0.2, 0.25) is 0 Å². The molecule has 0 saturated heterocycles. The number of fused-ring (bicyclic) bond motifs is 1. The van der Waals surface area contributed by atoms with Crippen molar-refractivity contribution in [2.75, 3.05) is 7.11 Å². The number of carbonyl (C=O) groups excluding carboxylic acids is 1. The lowest BCUT2D eigenvalue weighted by Crippen LogP contribution is -2.15. The Bertz CT molecular complexity index is 662. The summed E-state index contributed by atoms with van der Waals surface area (Å²) in [5.41, 5.74) is 12.9. The van der Waals surface area contributed by atoms with Gasteiger partial charge in [0.25, 0.3) is 5.91 Å². The van der Waals surface area contributed by atoms with E-state index in [1.165, 1.54) is 0 Å². The van der Waals surface area contributed by atoms with Crippen LogP contribution in [0.5, 0.6) is 5.75 Å². The highest BCUT2D eigenvalue weighted by Gasteiger charge is 2.24. The fraction of sp³-hybridized carbons (Fsp3) is 0.400. The number of rotatable bonds is 3. The Hall–Kier alpha value is -2.01. The van der Waals surface area contributed by atoms with E-state index in [1.54, 1.807) is 13.2 Å². The van der Waals surface area contributed by atoms with E-state index < -0.39 is 5.91 Å². The van der Waals surface area contributed by atoms with Gasteiger partial charge in [0.05, 0.1) is 18.2 Å². The molecule has 5 nitrogen and oxygen atoms in total. The van der Waals surface area contributed by atoms with Crippen molar-refractivity contribution < 1.29 is 9.53 Å². The number of primary amides is 1. The number of hydrogen-bond donors (Lipinski definition) is 2. The van der Waals surface area contributed by atoms with Crippen LogP contribution in [0.2, 0.25) is 0 Å². The van der Waals surface area contributed by atoms with Crippen LogP contribution in [0.3, 0.4) is 0 Å². The first-order valence-electron chi connectivity index (χ1n) is 6.84. The van der Waals surface area contributed by atoms with Crippen LogP contribution in [0.1, 0.15) is 35.7 Å². The Morgan fingerprint density at radius 3 is 2.80 bits per heavy atom. The first-order chi connectivity index (χ1) is 9.60. The second-order valence-corrected chi connectivity index (χ2v) is 5.43. The first-order valence-corrected chi connectivity index (χ1v) is 6.84. The van der Waals surface area contributed by atoms with Gasteiger partial charge in [0.15, 0.2) is 0 Å². The van der Waals surface area contributed by atoms with Crippen molar-refractivity contribution in [1.82, 2.24) is 4.57 Å². The van der Waals surface area contributed by atoms with Crippen LogP contribution in [0.15, 0.2) is 24.4 Å². The molecule has 5 heteroatoms. The van der Waals surface area contributed by atoms with Gasteiger partial charge >= 0.3 is 0 Å². The van der Waals surface area contributed by atoms with E-state index in [9.17, 15) is 4.79 Å². The molecule has 3 rings (SSSR count). The highest BCUT2D eigenvalue weighted by Crippen LogP contribution is 2.34. The molecule has 4 N–H and O–H groups in total. The zero-order valence-corrected chi connectivity index (χ0v) is 11.5. The monoisotopic (exact) mass is 273 g/mol. The van der Waals surface area contributed by atoms with E-state index in [-0.39, 0.29) is 6.04 Å². The quantitative estimate of drug-likeness (QED) is 0.894. The van der Waals surface area contributed by atoms with Crippen LogP contribution in [0.4, 0.5) is 0 Å². The zero-order valence-electron chi connectivity index (χ0n) is 11.5. The number of amides is 1. The van der Waals surface area contributed by atoms with E-state index in [2.05, 4.69) is 10.8 Å². The number of hydrogen-bond acceptors (Lipinski definition) is 3. The molecule has 1 aliphatic rings. The summed E-state index contributed by atoms with van der Waals surface area (Å²) in [6.45, 7) is 0. The smallest absolute Gasteiger partial charge is 0.252 e. The van der Waals surface area contributed by atoms with Gasteiger partial charge in [0.1, 0.15) is 5.75 Å². The van der Waals surface area contributed by atoms with Gasteiger partial charge in [-0.15, -0.1) is 0 Å². The minimum absolute atomic E-state index is 0.282. The molecule has 1 saturated carbocycles. The number of benzene rings is 1. The van der Waals surface area contributed by atoms with Crippen molar-refractivity contribution in [2.45, 2.75) is 31.3 Å². The maximum Gasteiger partial charge on any atom is 0.252 e. The number of ether oxygens (including phenoxy) is 1. The van der Waals surface area contributed by atoms with E-state index >= 15 is 0 Å². The molecule has 2 aromatic rings. The molecule has 2 atom stereocenters. The SMILES string of the molecule is COc1cc2c(ccn2[C@H]2CC[C@H](N)C2)cc1C(N)=O. The average Bonchev–Trinajstić information content (AvgIpc) is 3.02. The maximum atomic E-state index is 11.4. The molecule has 20 heavy (non-hydrogen) atoms. The standard InChI is InChI=1S/C15H19N3O2/c1-20-14-8-13-9(6-12(14)15(17)19)4-5-18(13)11-3-2-10(16)7-11/h4-6,8,10-11H,2-3,7,16H2,1H3,(H2,17,19)/t10-,11-/m0/s1. The molecular formula is C15H19N3O2. The summed E-state index contributed by atoms with van der Waals surface area (Å²) in [5, 5.41) is 1.00. The third kappa shape index (κ3) is 2.04. The van der Waals surface area contributed by atoms with Crippen LogP contribution in [-0.2, 0) is 0 Å². The summed E-state index contributed by atoms with van der Waals surface area (Å²) in [7, 11) is 1.55. The van der Waals surface area contributed by atoms with Crippen molar-refractivity contribution in [3.8, 4) is 5.75 Å². The third-order valence-electron chi connectivity index (χ3n) is 4.15. The van der Waals surface area contributed by atoms with E-state index in [1.807, 2.05) is 12.1 Å². The Morgan fingerprint density at radius 2 is 2.20 bits per heavy atom. The number of aromatic nitrogens is 1. The summed E-state index contributed by atoms with van der Waals surface area (Å²) in [6.07, 6.45) is 5.19. The Labute approximate surface area is 117 Å². The van der Waals surface area contributed by atoms with Gasteiger partial charge in [-0.25, -0.2) is 0 Å². The van der Waals surface area contributed by atoms with Crippen LogP contribution < -0.4 is 16.2 Å². The predicted molar refractivity (Wildman–Crippen MR) is 77.9 cm³/mol. The highest BCUT2D eigenvalue weighted by atomic mass is 16.5. The van der Waals surface area contributed by atoms with Crippen molar-refractivity contribution in [1.29, 1.82) is 0 Å². The van der Waals surface area contributed by atoms with Gasteiger partial charge in [-0.05, 0) is 31.4 Å². The average molecular weight is 273 g/mol. The predicted octanol–water partition coefficient (Wildman–Crippen LogP) is 1.80. The minimum Gasteiger partial charge on any atom is -0.496 e. The number of nitrogens with two attached hydrogens (primary N) is 2. The lowest BCUT2D eigenvalue weighted by atomic mass is 10.1. The van der Waals surface area contributed by atoms with E-state index in [0.717, 1.165) is 30.2 Å². The van der Waals surface area contributed by atoms with E-state index in [4.69, 9.17) is 16.2 Å². The lowest BCUT2D eigenvalue weighted by Gasteiger charge is -2.15. The van der Waals surface area contributed by atoms with Gasteiger partial charge in [-0.2, -0.15) is 0 Å². The summed E-state index contributed by atoms with van der Waals surface area (Å²) in [4.78, 5) is 11.4. The van der Waals surface area contributed by atoms with Gasteiger partial charge in [0, 0.05) is 29.7 Å². The molecule has 1 aliphatic carbocycles. The number of nitrogens with zero attached hydrogens (tertiary/aromatic N) is 1. The molecule has 1 heterocycles. The van der Waals surface area contributed by atoms with Crippen molar-refractivity contribution in [3.63, 3.8) is 0 Å². The van der Waals surface area contributed by atoms with Crippen molar-refractivity contribution >= 4 is 16.8 Å². The molecule has 0 bridgehead atoms. The highest BCUT2D eigenvalue weighted by molar-refractivity contribution is 6.00. The zero-order chi connectivity index (χ0) is 14.3. The number of methoxy groups -OCH3 is 1. The van der Waals surface area contributed by atoms with Gasteiger partial charge in [-0.3, -0.25) is 4.79 Å². The number of carbonyl (C=O) groups is 1. The molecule has 1 fully saturated rings. The largest absolute Gasteiger partial charge is 0.496 e. The Kier molecular flexibility index (Phi) is 3.14.